The summed E-state index contributed by atoms with van der Waals surface area (Å²) in [4.78, 5) is 14.1. The van der Waals surface area contributed by atoms with Crippen molar-refractivity contribution in [1.82, 2.24) is 15.0 Å². The summed E-state index contributed by atoms with van der Waals surface area (Å²) in [5.74, 6) is -0.0517. The first-order valence-electron chi connectivity index (χ1n) is 22.9. The highest BCUT2D eigenvalue weighted by Gasteiger charge is 2.15. The predicted octanol–water partition coefficient (Wildman–Crippen LogP) is 12.0. The number of fused-ring (bicyclic) bond motifs is 6. The van der Waals surface area contributed by atoms with Gasteiger partial charge in [-0.2, -0.15) is 0 Å². The smallest absolute Gasteiger partial charge is 0.164 e. The van der Waals surface area contributed by atoms with Gasteiger partial charge in [0.2, 0.25) is 0 Å². The van der Waals surface area contributed by atoms with Crippen molar-refractivity contribution in [2.45, 2.75) is 0 Å². The average molecular weight is 657 g/mol. The van der Waals surface area contributed by atoms with Gasteiger partial charge in [0.05, 0.1) is 20.6 Å². The standard InChI is InChI=1S/C45H27N3O2/c1-2-10-28(11-3-1)43-46-44(48-45(47-43)34-20-22-37-35-16-4-6-18-39(35)50-42(37)27-34)33-15-9-14-31(25-33)29-12-8-13-30(24-29)32-21-23-41-38(26-32)36-17-5-7-19-40(36)49-41/h1-27H/i5D,7D,8D,9D,12D,13D,14D,15D,17D,19D,21D,23D,24D,25D,26D. The second-order valence-electron chi connectivity index (χ2n) is 11.2. The van der Waals surface area contributed by atoms with E-state index in [0.29, 0.717) is 22.3 Å². The molecule has 0 fully saturated rings. The molecule has 5 heteroatoms. The molecule has 0 atom stereocenters. The van der Waals surface area contributed by atoms with E-state index >= 15 is 0 Å². The molecule has 0 aliphatic carbocycles. The summed E-state index contributed by atoms with van der Waals surface area (Å²) in [6.45, 7) is 0. The van der Waals surface area contributed by atoms with Crippen molar-refractivity contribution in [2.75, 3.05) is 0 Å². The van der Waals surface area contributed by atoms with Crippen LogP contribution in [0.15, 0.2) is 172 Å². The van der Waals surface area contributed by atoms with Gasteiger partial charge in [0.1, 0.15) is 22.3 Å². The molecule has 50 heavy (non-hydrogen) atoms. The van der Waals surface area contributed by atoms with Crippen LogP contribution in [-0.4, -0.2) is 15.0 Å². The van der Waals surface area contributed by atoms with Crippen LogP contribution >= 0.6 is 0 Å². The molecule has 0 aliphatic rings. The minimum atomic E-state index is -0.855. The Kier molecular flexibility index (Phi) is 3.87. The lowest BCUT2D eigenvalue weighted by atomic mass is 9.97. The Morgan fingerprint density at radius 2 is 0.960 bits per heavy atom. The summed E-state index contributed by atoms with van der Waals surface area (Å²) in [7, 11) is 0. The summed E-state index contributed by atoms with van der Waals surface area (Å²) < 4.78 is 145. The van der Waals surface area contributed by atoms with Gasteiger partial charge in [-0.25, -0.2) is 15.0 Å². The molecule has 10 rings (SSSR count). The molecule has 0 spiro atoms. The van der Waals surface area contributed by atoms with E-state index in [4.69, 9.17) is 35.3 Å². The highest BCUT2D eigenvalue weighted by molar-refractivity contribution is 6.07. The molecule has 3 aromatic heterocycles. The zero-order chi connectivity index (χ0) is 46.1. The number of hydrogen-bond acceptors (Lipinski definition) is 5. The number of rotatable bonds is 5. The van der Waals surface area contributed by atoms with Gasteiger partial charge in [0, 0.05) is 38.2 Å². The monoisotopic (exact) mass is 656 g/mol. The van der Waals surface area contributed by atoms with E-state index in [-0.39, 0.29) is 39.4 Å². The molecule has 0 radical (unpaired) electrons. The molecule has 0 saturated carbocycles. The third kappa shape index (κ3) is 4.83. The van der Waals surface area contributed by atoms with E-state index in [2.05, 4.69) is 4.98 Å². The van der Waals surface area contributed by atoms with Crippen LogP contribution in [0.1, 0.15) is 20.6 Å². The summed E-state index contributed by atoms with van der Waals surface area (Å²) >= 11 is 0. The van der Waals surface area contributed by atoms with Crippen molar-refractivity contribution in [3.8, 4) is 56.4 Å². The number of furan rings is 2. The van der Waals surface area contributed by atoms with Crippen LogP contribution in [0.2, 0.25) is 0 Å². The SMILES string of the molecule is [2H]c1c([2H])c(-c2nc(-c3ccccc3)nc(-c3ccc4c(c3)oc3ccccc34)n2)c([2H])c(-c2c([2H])c([2H])c([2H])c(-c3c([2H])c([2H])c4oc5c([2H])c([2H])c([2H])c([2H])c5c4c3[2H])c2[2H])c1[2H]. The molecule has 10 aromatic rings. The quantitative estimate of drug-likeness (QED) is 0.184. The third-order valence-electron chi connectivity index (χ3n) is 8.16. The fourth-order valence-electron chi connectivity index (χ4n) is 5.80. The Balaban J connectivity index is 1.24. The summed E-state index contributed by atoms with van der Waals surface area (Å²) in [6, 6.07) is 10.8. The molecule has 3 heterocycles. The molecule has 0 amide bonds. The third-order valence-corrected chi connectivity index (χ3v) is 8.16. The molecule has 234 valence electrons. The van der Waals surface area contributed by atoms with Crippen LogP contribution in [0.5, 0.6) is 0 Å². The van der Waals surface area contributed by atoms with E-state index < -0.39 is 118 Å². The van der Waals surface area contributed by atoms with Gasteiger partial charge in [-0.3, -0.25) is 0 Å². The van der Waals surface area contributed by atoms with Crippen LogP contribution in [-0.2, 0) is 0 Å². The first kappa shape index (κ1) is 17.0. The van der Waals surface area contributed by atoms with Gasteiger partial charge in [0.25, 0.3) is 0 Å². The summed E-state index contributed by atoms with van der Waals surface area (Å²) in [6.07, 6.45) is 0. The molecule has 0 saturated heterocycles. The minimum absolute atomic E-state index is 0.0962. The van der Waals surface area contributed by atoms with E-state index in [1.165, 1.54) is 0 Å². The highest BCUT2D eigenvalue weighted by Crippen LogP contribution is 2.36. The predicted molar refractivity (Wildman–Crippen MR) is 202 cm³/mol. The van der Waals surface area contributed by atoms with Gasteiger partial charge >= 0.3 is 0 Å². The molecule has 0 aliphatic heterocycles. The fourth-order valence-corrected chi connectivity index (χ4v) is 5.80. The maximum atomic E-state index is 9.59. The average Bonchev–Trinajstić information content (AvgIpc) is 3.90. The van der Waals surface area contributed by atoms with Crippen molar-refractivity contribution >= 4 is 43.9 Å². The van der Waals surface area contributed by atoms with Crippen molar-refractivity contribution < 1.29 is 29.4 Å². The Labute approximate surface area is 308 Å². The molecule has 0 unspecified atom stereocenters. The molecular formula is C45H27N3O2. The van der Waals surface area contributed by atoms with Crippen LogP contribution in [0, 0.1) is 0 Å². The number of hydrogen-bond donors (Lipinski definition) is 0. The van der Waals surface area contributed by atoms with Crippen LogP contribution in [0.25, 0.3) is 100 Å². The maximum Gasteiger partial charge on any atom is 0.164 e. The van der Waals surface area contributed by atoms with Crippen molar-refractivity contribution in [3.63, 3.8) is 0 Å². The van der Waals surface area contributed by atoms with Crippen molar-refractivity contribution in [3.05, 3.63) is 163 Å². The first-order chi connectivity index (χ1) is 31.0. The van der Waals surface area contributed by atoms with Gasteiger partial charge in [-0.05, 0) is 70.7 Å². The number of aromatic nitrogens is 3. The first-order valence-corrected chi connectivity index (χ1v) is 15.4. The number of nitrogens with zero attached hydrogens (tertiary/aromatic N) is 3. The summed E-state index contributed by atoms with van der Waals surface area (Å²) in [5.41, 5.74) is -1.41. The number of para-hydroxylation sites is 2. The van der Waals surface area contributed by atoms with E-state index in [0.717, 1.165) is 10.8 Å². The Morgan fingerprint density at radius 1 is 0.360 bits per heavy atom. The lowest BCUT2D eigenvalue weighted by molar-refractivity contribution is 0.668. The highest BCUT2D eigenvalue weighted by atomic mass is 16.3. The lowest BCUT2D eigenvalue weighted by Gasteiger charge is -2.10. The second kappa shape index (κ2) is 11.4. The van der Waals surface area contributed by atoms with Gasteiger partial charge < -0.3 is 8.83 Å². The lowest BCUT2D eigenvalue weighted by Crippen LogP contribution is -2.00. The second-order valence-corrected chi connectivity index (χ2v) is 11.2. The van der Waals surface area contributed by atoms with Gasteiger partial charge in [-0.15, -0.1) is 0 Å². The van der Waals surface area contributed by atoms with E-state index in [1.54, 1.807) is 42.5 Å². The van der Waals surface area contributed by atoms with Crippen LogP contribution in [0.4, 0.5) is 0 Å². The largest absolute Gasteiger partial charge is 0.456 e. The Hall–Kier alpha value is -6.85. The van der Waals surface area contributed by atoms with Crippen molar-refractivity contribution in [1.29, 1.82) is 0 Å². The maximum absolute atomic E-state index is 9.59. The summed E-state index contributed by atoms with van der Waals surface area (Å²) in [5, 5.41) is 1.12. The Morgan fingerprint density at radius 3 is 1.78 bits per heavy atom. The van der Waals surface area contributed by atoms with Crippen LogP contribution in [0.3, 0.4) is 0 Å². The Bertz CT molecular complexity index is 3740. The van der Waals surface area contributed by atoms with Gasteiger partial charge in [-0.1, -0.05) is 115 Å². The van der Waals surface area contributed by atoms with E-state index in [1.807, 2.05) is 30.3 Å². The topological polar surface area (TPSA) is 65.0 Å². The van der Waals surface area contributed by atoms with Crippen LogP contribution < -0.4 is 0 Å². The zero-order valence-corrected chi connectivity index (χ0v) is 25.6. The number of benzene rings is 7. The van der Waals surface area contributed by atoms with Crippen molar-refractivity contribution in [2.24, 2.45) is 0 Å². The van der Waals surface area contributed by atoms with Gasteiger partial charge in [0.15, 0.2) is 17.5 Å². The molecule has 5 nitrogen and oxygen atoms in total. The minimum Gasteiger partial charge on any atom is -0.456 e. The molecule has 0 N–H and O–H groups in total. The fraction of sp³-hybridized carbons (Fsp3) is 0. The van der Waals surface area contributed by atoms with E-state index in [9.17, 15) is 4.11 Å². The normalized spacial score (nSPS) is 15.8. The molecular weight excluding hydrogens is 615 g/mol. The zero-order valence-electron chi connectivity index (χ0n) is 40.6. The molecule has 7 aromatic carbocycles. The molecule has 0 bridgehead atoms.